The van der Waals surface area contributed by atoms with Crippen LogP contribution < -0.4 is 0 Å². The highest BCUT2D eigenvalue weighted by molar-refractivity contribution is 5.84. The first-order valence-electron chi connectivity index (χ1n) is 6.49. The SMILES string of the molecule is OC1CCN(CCc2c[nH]c3c(F)ccc(F)c23)C1. The standard InChI is InChI=1S/C14H16F2N2O/c15-11-1-2-12(16)14-13(11)9(7-17-14)3-5-18-6-4-10(19)8-18/h1-2,7,10,17,19H,3-6,8H2. The lowest BCUT2D eigenvalue weighted by molar-refractivity contribution is 0.177. The van der Waals surface area contributed by atoms with E-state index in [1.165, 1.54) is 0 Å². The zero-order chi connectivity index (χ0) is 13.4. The van der Waals surface area contributed by atoms with Gasteiger partial charge >= 0.3 is 0 Å². The Morgan fingerprint density at radius 2 is 2.11 bits per heavy atom. The molecule has 1 fully saturated rings. The number of β-amino-alcohol motifs (C(OH)–C–C–N with tert-alkyl or cyclic N) is 1. The molecule has 1 atom stereocenters. The van der Waals surface area contributed by atoms with Gasteiger partial charge in [0, 0.05) is 31.2 Å². The predicted molar refractivity (Wildman–Crippen MR) is 69.0 cm³/mol. The van der Waals surface area contributed by atoms with Gasteiger partial charge < -0.3 is 15.0 Å². The largest absolute Gasteiger partial charge is 0.392 e. The van der Waals surface area contributed by atoms with Crippen LogP contribution in [0.2, 0.25) is 0 Å². The first-order valence-corrected chi connectivity index (χ1v) is 6.49. The number of aliphatic hydroxyl groups is 1. The van der Waals surface area contributed by atoms with E-state index in [9.17, 15) is 13.9 Å². The number of nitrogens with zero attached hydrogens (tertiary/aromatic N) is 1. The van der Waals surface area contributed by atoms with E-state index in [2.05, 4.69) is 9.88 Å². The van der Waals surface area contributed by atoms with Crippen LogP contribution in [0.3, 0.4) is 0 Å². The van der Waals surface area contributed by atoms with Crippen LogP contribution in [0.25, 0.3) is 10.9 Å². The second-order valence-corrected chi connectivity index (χ2v) is 5.09. The summed E-state index contributed by atoms with van der Waals surface area (Å²) in [6.07, 6.45) is 2.85. The summed E-state index contributed by atoms with van der Waals surface area (Å²) in [7, 11) is 0. The molecule has 0 radical (unpaired) electrons. The minimum atomic E-state index is -0.431. The maximum atomic E-state index is 13.8. The molecule has 102 valence electrons. The van der Waals surface area contributed by atoms with Gasteiger partial charge in [-0.25, -0.2) is 8.78 Å². The summed E-state index contributed by atoms with van der Waals surface area (Å²) in [6.45, 7) is 2.28. The van der Waals surface area contributed by atoms with E-state index < -0.39 is 11.6 Å². The van der Waals surface area contributed by atoms with Crippen molar-refractivity contribution in [2.45, 2.75) is 18.9 Å². The maximum absolute atomic E-state index is 13.8. The van der Waals surface area contributed by atoms with Gasteiger partial charge in [0.15, 0.2) is 0 Å². The Morgan fingerprint density at radius 3 is 2.84 bits per heavy atom. The van der Waals surface area contributed by atoms with E-state index in [4.69, 9.17) is 0 Å². The van der Waals surface area contributed by atoms with Gasteiger partial charge in [0.2, 0.25) is 0 Å². The molecule has 0 amide bonds. The molecule has 0 aliphatic carbocycles. The van der Waals surface area contributed by atoms with Crippen LogP contribution in [0.1, 0.15) is 12.0 Å². The Morgan fingerprint density at radius 1 is 1.32 bits per heavy atom. The first-order chi connectivity index (χ1) is 9.15. The van der Waals surface area contributed by atoms with Crippen LogP contribution in [0.5, 0.6) is 0 Å². The first kappa shape index (κ1) is 12.6. The minimum Gasteiger partial charge on any atom is -0.392 e. The summed E-state index contributed by atoms with van der Waals surface area (Å²) in [5.74, 6) is -0.826. The Bertz CT molecular complexity index is 596. The van der Waals surface area contributed by atoms with Crippen molar-refractivity contribution in [1.82, 2.24) is 9.88 Å². The van der Waals surface area contributed by atoms with Crippen molar-refractivity contribution < 1.29 is 13.9 Å². The van der Waals surface area contributed by atoms with Crippen LogP contribution in [-0.4, -0.2) is 40.7 Å². The Balaban J connectivity index is 1.80. The zero-order valence-corrected chi connectivity index (χ0v) is 10.5. The zero-order valence-electron chi connectivity index (χ0n) is 10.5. The third kappa shape index (κ3) is 2.35. The fourth-order valence-corrected chi connectivity index (χ4v) is 2.73. The number of halogens is 2. The van der Waals surface area contributed by atoms with Gasteiger partial charge in [0.05, 0.1) is 11.6 Å². The van der Waals surface area contributed by atoms with Crippen molar-refractivity contribution in [3.8, 4) is 0 Å². The third-order valence-electron chi connectivity index (χ3n) is 3.76. The normalized spacial score (nSPS) is 20.5. The van der Waals surface area contributed by atoms with Crippen molar-refractivity contribution in [1.29, 1.82) is 0 Å². The molecule has 19 heavy (non-hydrogen) atoms. The van der Waals surface area contributed by atoms with Crippen molar-refractivity contribution in [3.63, 3.8) is 0 Å². The van der Waals surface area contributed by atoms with Gasteiger partial charge in [-0.1, -0.05) is 0 Å². The molecule has 0 spiro atoms. The number of aromatic amines is 1. The number of likely N-dealkylation sites (tertiary alicyclic amines) is 1. The highest BCUT2D eigenvalue weighted by Crippen LogP contribution is 2.25. The van der Waals surface area contributed by atoms with Crippen molar-refractivity contribution in [2.24, 2.45) is 0 Å². The second kappa shape index (κ2) is 4.90. The van der Waals surface area contributed by atoms with Crippen LogP contribution >= 0.6 is 0 Å². The molecular formula is C14H16F2N2O. The Kier molecular flexibility index (Phi) is 3.24. The lowest BCUT2D eigenvalue weighted by Crippen LogP contribution is -2.24. The molecule has 3 nitrogen and oxygen atoms in total. The molecule has 2 N–H and O–H groups in total. The van der Waals surface area contributed by atoms with E-state index in [1.807, 2.05) is 0 Å². The number of aliphatic hydroxyl groups excluding tert-OH is 1. The molecule has 1 aromatic heterocycles. The number of nitrogens with one attached hydrogen (secondary N) is 1. The number of fused-ring (bicyclic) bond motifs is 1. The van der Waals surface area contributed by atoms with E-state index in [0.29, 0.717) is 18.4 Å². The average Bonchev–Trinajstić information content (AvgIpc) is 2.98. The van der Waals surface area contributed by atoms with Crippen LogP contribution in [0.15, 0.2) is 18.3 Å². The lowest BCUT2D eigenvalue weighted by atomic mass is 10.1. The fourth-order valence-electron chi connectivity index (χ4n) is 2.73. The van der Waals surface area contributed by atoms with Gasteiger partial charge in [-0.2, -0.15) is 0 Å². The number of hydrogen-bond donors (Lipinski definition) is 2. The van der Waals surface area contributed by atoms with Gasteiger partial charge in [0.1, 0.15) is 11.6 Å². The molecule has 0 bridgehead atoms. The molecule has 0 saturated carbocycles. The molecule has 1 aliphatic heterocycles. The molecule has 2 heterocycles. The predicted octanol–water partition coefficient (Wildman–Crippen LogP) is 2.06. The van der Waals surface area contributed by atoms with E-state index in [0.717, 1.165) is 37.2 Å². The molecule has 1 aromatic carbocycles. The number of aromatic nitrogens is 1. The maximum Gasteiger partial charge on any atom is 0.147 e. The van der Waals surface area contributed by atoms with Crippen molar-refractivity contribution in [3.05, 3.63) is 35.5 Å². The summed E-state index contributed by atoms with van der Waals surface area (Å²) in [5, 5.41) is 9.80. The lowest BCUT2D eigenvalue weighted by Gasteiger charge is -2.14. The molecule has 1 aliphatic rings. The average molecular weight is 266 g/mol. The third-order valence-corrected chi connectivity index (χ3v) is 3.76. The highest BCUT2D eigenvalue weighted by Gasteiger charge is 2.20. The minimum absolute atomic E-state index is 0.233. The fraction of sp³-hybridized carbons (Fsp3) is 0.429. The second-order valence-electron chi connectivity index (χ2n) is 5.09. The van der Waals surface area contributed by atoms with E-state index in [-0.39, 0.29) is 11.6 Å². The smallest absolute Gasteiger partial charge is 0.147 e. The summed E-state index contributed by atoms with van der Waals surface area (Å²) >= 11 is 0. The molecule has 1 saturated heterocycles. The molecule has 2 aromatic rings. The van der Waals surface area contributed by atoms with Gasteiger partial charge in [0.25, 0.3) is 0 Å². The van der Waals surface area contributed by atoms with Gasteiger partial charge in [-0.15, -0.1) is 0 Å². The molecule has 3 rings (SSSR count). The van der Waals surface area contributed by atoms with Crippen molar-refractivity contribution in [2.75, 3.05) is 19.6 Å². The summed E-state index contributed by atoms with van der Waals surface area (Å²) in [4.78, 5) is 4.94. The summed E-state index contributed by atoms with van der Waals surface area (Å²) < 4.78 is 27.3. The number of hydrogen-bond acceptors (Lipinski definition) is 2. The number of rotatable bonds is 3. The number of benzene rings is 1. The Labute approximate surface area is 109 Å². The van der Waals surface area contributed by atoms with Crippen LogP contribution in [0, 0.1) is 11.6 Å². The monoisotopic (exact) mass is 266 g/mol. The summed E-state index contributed by atoms with van der Waals surface area (Å²) in [5.41, 5.74) is 1.02. The number of H-pyrrole nitrogens is 1. The van der Waals surface area contributed by atoms with Crippen LogP contribution in [-0.2, 0) is 6.42 Å². The van der Waals surface area contributed by atoms with Crippen molar-refractivity contribution >= 4 is 10.9 Å². The molecule has 5 heteroatoms. The van der Waals surface area contributed by atoms with E-state index in [1.54, 1.807) is 6.20 Å². The topological polar surface area (TPSA) is 39.3 Å². The Hall–Kier alpha value is -1.46. The van der Waals surface area contributed by atoms with Crippen LogP contribution in [0.4, 0.5) is 8.78 Å². The summed E-state index contributed by atoms with van der Waals surface area (Å²) in [6, 6.07) is 2.30. The molecule has 1 unspecified atom stereocenters. The van der Waals surface area contributed by atoms with E-state index >= 15 is 0 Å². The van der Waals surface area contributed by atoms with Gasteiger partial charge in [-0.3, -0.25) is 0 Å². The molecular weight excluding hydrogens is 250 g/mol. The van der Waals surface area contributed by atoms with Gasteiger partial charge in [-0.05, 0) is 30.5 Å². The quantitative estimate of drug-likeness (QED) is 0.892. The highest BCUT2D eigenvalue weighted by atomic mass is 19.1.